The van der Waals surface area contributed by atoms with Crippen LogP contribution < -0.4 is 10.6 Å². The minimum atomic E-state index is -0.361. The van der Waals surface area contributed by atoms with Crippen LogP contribution in [-0.4, -0.2) is 17.7 Å². The van der Waals surface area contributed by atoms with Crippen LogP contribution in [-0.2, 0) is 4.74 Å². The largest absolute Gasteiger partial charge is 0.462 e. The monoisotopic (exact) mass is 488 g/mol. The highest BCUT2D eigenvalue weighted by Crippen LogP contribution is 2.40. The van der Waals surface area contributed by atoms with Crippen molar-refractivity contribution in [2.75, 3.05) is 17.2 Å². The first kappa shape index (κ1) is 21.5. The fraction of sp³-hybridized carbons (Fsp3) is 0.182. The Morgan fingerprint density at radius 3 is 2.52 bits per heavy atom. The van der Waals surface area contributed by atoms with Crippen molar-refractivity contribution >= 4 is 61.3 Å². The zero-order valence-corrected chi connectivity index (χ0v) is 19.6. The van der Waals surface area contributed by atoms with Crippen molar-refractivity contribution < 1.29 is 9.53 Å². The van der Waals surface area contributed by atoms with Crippen LogP contribution in [0, 0.1) is 13.8 Å². The molecule has 2 N–H and O–H groups in total. The molecular formula is C22H21BrN2O2S2. The number of hydrogen-bond donors (Lipinski definition) is 2. The van der Waals surface area contributed by atoms with E-state index in [4.69, 9.17) is 17.0 Å². The van der Waals surface area contributed by atoms with E-state index in [1.165, 1.54) is 11.3 Å². The third kappa shape index (κ3) is 5.04. The first-order valence-electron chi connectivity index (χ1n) is 9.10. The third-order valence-corrected chi connectivity index (χ3v) is 6.38. The summed E-state index contributed by atoms with van der Waals surface area (Å²) in [6.45, 7) is 6.12. The van der Waals surface area contributed by atoms with Gasteiger partial charge in [0.15, 0.2) is 5.11 Å². The third-order valence-electron chi connectivity index (χ3n) is 4.27. The number of esters is 1. The van der Waals surface area contributed by atoms with E-state index in [0.29, 0.717) is 22.3 Å². The minimum absolute atomic E-state index is 0.308. The van der Waals surface area contributed by atoms with Gasteiger partial charge in [0.2, 0.25) is 0 Å². The Kier molecular flexibility index (Phi) is 7.05. The van der Waals surface area contributed by atoms with Gasteiger partial charge in [-0.1, -0.05) is 46.3 Å². The summed E-state index contributed by atoms with van der Waals surface area (Å²) in [4.78, 5) is 13.8. The number of benzene rings is 2. The number of rotatable bonds is 5. The van der Waals surface area contributed by atoms with E-state index in [0.717, 1.165) is 31.7 Å². The molecule has 0 unspecified atom stereocenters. The van der Waals surface area contributed by atoms with Gasteiger partial charge in [0.25, 0.3) is 0 Å². The maximum Gasteiger partial charge on any atom is 0.341 e. The van der Waals surface area contributed by atoms with Gasteiger partial charge in [-0.05, 0) is 62.3 Å². The molecule has 150 valence electrons. The van der Waals surface area contributed by atoms with Gasteiger partial charge in [-0.25, -0.2) is 4.79 Å². The Labute approximate surface area is 188 Å². The minimum Gasteiger partial charge on any atom is -0.462 e. The highest BCUT2D eigenvalue weighted by Gasteiger charge is 2.24. The molecule has 4 nitrogen and oxygen atoms in total. The van der Waals surface area contributed by atoms with Crippen LogP contribution in [0.2, 0.25) is 0 Å². The zero-order chi connectivity index (χ0) is 21.0. The summed E-state index contributed by atoms with van der Waals surface area (Å²) < 4.78 is 6.37. The van der Waals surface area contributed by atoms with Gasteiger partial charge < -0.3 is 15.4 Å². The summed E-state index contributed by atoms with van der Waals surface area (Å²) >= 11 is 10.5. The molecule has 1 heterocycles. The fourth-order valence-electron chi connectivity index (χ4n) is 2.97. The Morgan fingerprint density at radius 2 is 1.86 bits per heavy atom. The molecule has 0 aliphatic rings. The second-order valence-corrected chi connectivity index (χ2v) is 8.85. The van der Waals surface area contributed by atoms with E-state index < -0.39 is 0 Å². The Morgan fingerprint density at radius 1 is 1.14 bits per heavy atom. The lowest BCUT2D eigenvalue weighted by atomic mass is 10.0. The smallest absolute Gasteiger partial charge is 0.341 e. The van der Waals surface area contributed by atoms with Crippen molar-refractivity contribution in [3.63, 3.8) is 0 Å². The molecule has 1 aromatic heterocycles. The summed E-state index contributed by atoms with van der Waals surface area (Å²) in [7, 11) is 0. The van der Waals surface area contributed by atoms with Crippen molar-refractivity contribution in [3.8, 4) is 11.1 Å². The van der Waals surface area contributed by atoms with Crippen LogP contribution >= 0.6 is 39.5 Å². The predicted molar refractivity (Wildman–Crippen MR) is 129 cm³/mol. The van der Waals surface area contributed by atoms with Gasteiger partial charge in [0.05, 0.1) is 6.61 Å². The second kappa shape index (κ2) is 9.52. The Bertz CT molecular complexity index is 1050. The number of ether oxygens (including phenoxy) is 1. The van der Waals surface area contributed by atoms with Gasteiger partial charge in [-0.15, -0.1) is 11.3 Å². The van der Waals surface area contributed by atoms with Gasteiger partial charge in [0, 0.05) is 20.6 Å². The molecule has 0 saturated carbocycles. The predicted octanol–water partition coefficient (Wildman–Crippen LogP) is 6.78. The maximum absolute atomic E-state index is 12.8. The van der Waals surface area contributed by atoms with Gasteiger partial charge in [-0.3, -0.25) is 0 Å². The molecule has 0 atom stereocenters. The van der Waals surface area contributed by atoms with Crippen molar-refractivity contribution in [1.29, 1.82) is 0 Å². The highest BCUT2D eigenvalue weighted by atomic mass is 79.9. The first-order valence-corrected chi connectivity index (χ1v) is 11.1. The molecule has 7 heteroatoms. The van der Waals surface area contributed by atoms with Crippen molar-refractivity contribution in [2.24, 2.45) is 0 Å². The lowest BCUT2D eigenvalue weighted by Gasteiger charge is -2.12. The summed E-state index contributed by atoms with van der Waals surface area (Å²) in [5.74, 6) is -0.361. The molecule has 0 fully saturated rings. The van der Waals surface area contributed by atoms with E-state index in [9.17, 15) is 4.79 Å². The van der Waals surface area contributed by atoms with Crippen LogP contribution in [0.5, 0.6) is 0 Å². The number of thiophene rings is 1. The normalized spacial score (nSPS) is 10.5. The van der Waals surface area contributed by atoms with Crippen LogP contribution in [0.15, 0.2) is 53.0 Å². The topological polar surface area (TPSA) is 50.4 Å². The summed E-state index contributed by atoms with van der Waals surface area (Å²) in [6, 6.07) is 15.7. The number of hydrogen-bond acceptors (Lipinski definition) is 4. The summed E-state index contributed by atoms with van der Waals surface area (Å²) in [5, 5.41) is 7.46. The van der Waals surface area contributed by atoms with Crippen molar-refractivity contribution in [2.45, 2.75) is 20.8 Å². The zero-order valence-electron chi connectivity index (χ0n) is 16.3. The SMILES string of the molecule is CCOC(=O)c1c(NC(=S)Nc2ccc(Br)c(C)c2)sc(C)c1-c1ccccc1. The van der Waals surface area contributed by atoms with E-state index in [2.05, 4.69) is 26.6 Å². The van der Waals surface area contributed by atoms with Crippen LogP contribution in [0.25, 0.3) is 11.1 Å². The summed E-state index contributed by atoms with van der Waals surface area (Å²) in [5.41, 5.74) is 4.33. The number of anilines is 2. The lowest BCUT2D eigenvalue weighted by Crippen LogP contribution is -2.20. The number of aryl methyl sites for hydroxylation is 2. The summed E-state index contributed by atoms with van der Waals surface area (Å²) in [6.07, 6.45) is 0. The van der Waals surface area contributed by atoms with Crippen LogP contribution in [0.4, 0.5) is 10.7 Å². The van der Waals surface area contributed by atoms with Crippen molar-refractivity contribution in [3.05, 3.63) is 69.0 Å². The maximum atomic E-state index is 12.8. The molecule has 29 heavy (non-hydrogen) atoms. The number of halogens is 1. The van der Waals surface area contributed by atoms with E-state index in [1.807, 2.05) is 62.4 Å². The van der Waals surface area contributed by atoms with Crippen LogP contribution in [0.1, 0.15) is 27.7 Å². The van der Waals surface area contributed by atoms with Crippen molar-refractivity contribution in [1.82, 2.24) is 0 Å². The molecular weight excluding hydrogens is 468 g/mol. The molecule has 3 rings (SSSR count). The molecule has 2 aromatic carbocycles. The number of carbonyl (C=O) groups is 1. The molecule has 0 aliphatic carbocycles. The lowest BCUT2D eigenvalue weighted by molar-refractivity contribution is 0.0529. The molecule has 0 amide bonds. The average molecular weight is 489 g/mol. The second-order valence-electron chi connectivity index (χ2n) is 6.37. The molecule has 0 bridgehead atoms. The van der Waals surface area contributed by atoms with Gasteiger partial charge in [0.1, 0.15) is 10.6 Å². The fourth-order valence-corrected chi connectivity index (χ4v) is 4.57. The quantitative estimate of drug-likeness (QED) is 0.306. The molecule has 0 aliphatic heterocycles. The molecule has 0 saturated heterocycles. The number of carbonyl (C=O) groups excluding carboxylic acids is 1. The van der Waals surface area contributed by atoms with Gasteiger partial charge in [-0.2, -0.15) is 0 Å². The standard InChI is InChI=1S/C22H21BrN2O2S2/c1-4-27-21(26)19-18(15-8-6-5-7-9-15)14(3)29-20(19)25-22(28)24-16-10-11-17(23)13(2)12-16/h5-12H,4H2,1-3H3,(H2,24,25,28). The Hall–Kier alpha value is -2.22. The molecule has 3 aromatic rings. The van der Waals surface area contributed by atoms with Gasteiger partial charge >= 0.3 is 5.97 Å². The molecule has 0 radical (unpaired) electrons. The Balaban J connectivity index is 1.93. The number of nitrogens with one attached hydrogen (secondary N) is 2. The van der Waals surface area contributed by atoms with E-state index in [-0.39, 0.29) is 5.97 Å². The van der Waals surface area contributed by atoms with E-state index in [1.54, 1.807) is 6.92 Å². The number of thiocarbonyl (C=S) groups is 1. The molecule has 0 spiro atoms. The average Bonchev–Trinajstić information content (AvgIpc) is 3.01. The van der Waals surface area contributed by atoms with E-state index >= 15 is 0 Å². The first-order chi connectivity index (χ1) is 13.9. The van der Waals surface area contributed by atoms with Crippen LogP contribution in [0.3, 0.4) is 0 Å². The highest BCUT2D eigenvalue weighted by molar-refractivity contribution is 9.10.